The Morgan fingerprint density at radius 1 is 1.03 bits per heavy atom. The van der Waals surface area contributed by atoms with Crippen molar-refractivity contribution >= 4 is 29.0 Å². The Morgan fingerprint density at radius 3 is 2.23 bits per heavy atom. The lowest BCUT2D eigenvalue weighted by Crippen LogP contribution is -2.44. The number of amides is 1. The fraction of sp³-hybridized carbons (Fsp3) is 0.517. The van der Waals surface area contributed by atoms with E-state index < -0.39 is 11.7 Å². The van der Waals surface area contributed by atoms with E-state index in [1.165, 1.54) is 22.6 Å². The maximum absolute atomic E-state index is 13.2. The number of likely N-dealkylation sites (tertiary alicyclic amines) is 1. The molecule has 10 heteroatoms. The van der Waals surface area contributed by atoms with Crippen LogP contribution in [0.3, 0.4) is 0 Å². The number of nitrogens with zero attached hydrogens (tertiary/aromatic N) is 2. The second kappa shape index (κ2) is 13.0. The summed E-state index contributed by atoms with van der Waals surface area (Å²) in [6, 6.07) is 12.1. The number of rotatable bonds is 8. The van der Waals surface area contributed by atoms with Crippen LogP contribution in [0.5, 0.6) is 0 Å². The van der Waals surface area contributed by atoms with Crippen LogP contribution in [0.15, 0.2) is 41.3 Å². The molecule has 39 heavy (non-hydrogen) atoms. The highest BCUT2D eigenvalue weighted by atomic mass is 32.2. The molecule has 1 aliphatic heterocycles. The van der Waals surface area contributed by atoms with Crippen LogP contribution in [-0.2, 0) is 15.7 Å². The minimum Gasteiger partial charge on any atom is -0.382 e. The van der Waals surface area contributed by atoms with Crippen molar-refractivity contribution in [1.82, 2.24) is 4.90 Å². The van der Waals surface area contributed by atoms with Gasteiger partial charge in [0.05, 0.1) is 23.3 Å². The average Bonchev–Trinajstić information content (AvgIpc) is 2.92. The normalized spacial score (nSPS) is 20.4. The molecule has 4 rings (SSSR count). The number of thioether (sulfide) groups is 1. The quantitative estimate of drug-likeness (QED) is 0.362. The van der Waals surface area contributed by atoms with Crippen molar-refractivity contribution < 1.29 is 22.7 Å². The first kappa shape index (κ1) is 29.1. The van der Waals surface area contributed by atoms with Crippen molar-refractivity contribution in [3.63, 3.8) is 0 Å². The lowest BCUT2D eigenvalue weighted by Gasteiger charge is -2.34. The predicted octanol–water partition coefficient (Wildman–Crippen LogP) is 6.45. The van der Waals surface area contributed by atoms with Gasteiger partial charge in [-0.2, -0.15) is 18.4 Å². The summed E-state index contributed by atoms with van der Waals surface area (Å²) in [5.41, 5.74) is 1.41. The molecule has 2 aliphatic rings. The number of piperidine rings is 1. The molecule has 1 saturated heterocycles. The molecule has 2 aromatic carbocycles. The smallest absolute Gasteiger partial charge is 0.382 e. The fourth-order valence-electron chi connectivity index (χ4n) is 5.33. The monoisotopic (exact) mass is 560 g/mol. The summed E-state index contributed by atoms with van der Waals surface area (Å²) in [4.78, 5) is 15.9. The first-order chi connectivity index (χ1) is 18.7. The number of hydrogen-bond acceptors (Lipinski definition) is 6. The fourth-order valence-corrected chi connectivity index (χ4v) is 5.92. The van der Waals surface area contributed by atoms with Crippen LogP contribution in [0.2, 0.25) is 0 Å². The van der Waals surface area contributed by atoms with E-state index in [0.29, 0.717) is 24.8 Å². The van der Waals surface area contributed by atoms with Gasteiger partial charge in [0.15, 0.2) is 0 Å². The van der Waals surface area contributed by atoms with E-state index in [1.807, 2.05) is 4.90 Å². The Balaban J connectivity index is 1.16. The van der Waals surface area contributed by atoms with Gasteiger partial charge in [0.2, 0.25) is 5.91 Å². The van der Waals surface area contributed by atoms with E-state index in [0.717, 1.165) is 50.3 Å². The van der Waals surface area contributed by atoms with Gasteiger partial charge in [-0.3, -0.25) is 4.79 Å². The van der Waals surface area contributed by atoms with Crippen LogP contribution in [-0.4, -0.2) is 54.9 Å². The van der Waals surface area contributed by atoms with E-state index in [-0.39, 0.29) is 30.2 Å². The number of alkyl halides is 3. The number of aryl methyl sites for hydroxylation is 1. The molecule has 0 radical (unpaired) electrons. The van der Waals surface area contributed by atoms with Gasteiger partial charge in [0, 0.05) is 41.4 Å². The van der Waals surface area contributed by atoms with Crippen LogP contribution in [0, 0.1) is 18.3 Å². The lowest BCUT2D eigenvalue weighted by atomic mass is 9.92. The minimum absolute atomic E-state index is 0.00568. The zero-order chi connectivity index (χ0) is 28.0. The summed E-state index contributed by atoms with van der Waals surface area (Å²) in [5.74, 6) is 0.00568. The molecule has 0 atom stereocenters. The van der Waals surface area contributed by atoms with Crippen LogP contribution < -0.4 is 10.6 Å². The van der Waals surface area contributed by atoms with Gasteiger partial charge in [-0.05, 0) is 93.7 Å². The molecule has 2 aromatic rings. The molecule has 1 heterocycles. The summed E-state index contributed by atoms with van der Waals surface area (Å²) in [5, 5.41) is 15.7. The van der Waals surface area contributed by atoms with Gasteiger partial charge in [-0.25, -0.2) is 0 Å². The van der Waals surface area contributed by atoms with Crippen LogP contribution in [0.1, 0.15) is 55.2 Å². The number of ether oxygens (including phenoxy) is 1. The maximum atomic E-state index is 13.2. The highest BCUT2D eigenvalue weighted by Gasteiger charge is 2.34. The first-order valence-electron chi connectivity index (χ1n) is 13.3. The Morgan fingerprint density at radius 2 is 1.64 bits per heavy atom. The molecule has 2 N–H and O–H groups in total. The Kier molecular flexibility index (Phi) is 9.67. The largest absolute Gasteiger partial charge is 0.417 e. The molecule has 2 fully saturated rings. The zero-order valence-corrected chi connectivity index (χ0v) is 23.1. The van der Waals surface area contributed by atoms with Gasteiger partial charge in [-0.1, -0.05) is 0 Å². The number of nitrogens with one attached hydrogen (secondary N) is 2. The third-order valence-electron chi connectivity index (χ3n) is 7.55. The standard InChI is InChI=1S/C29H35F3N4O2S/c1-19-15-23(7-10-27(19)39-2)35-22-11-13-36(14-12-22)28(37)18-38-25-8-5-21(6-9-25)34-24-4-3-20(17-33)26(16-24)29(30,31)32/h3-4,7,10,15-16,21-22,25,34-35H,5-6,8-9,11-14,18H2,1-2H3. The molecule has 1 amide bonds. The van der Waals surface area contributed by atoms with Crippen LogP contribution in [0.25, 0.3) is 0 Å². The second-order valence-electron chi connectivity index (χ2n) is 10.3. The van der Waals surface area contributed by atoms with Crippen molar-refractivity contribution in [3.8, 4) is 6.07 Å². The van der Waals surface area contributed by atoms with Gasteiger partial charge < -0.3 is 20.3 Å². The number of anilines is 2. The molecule has 0 unspecified atom stereocenters. The van der Waals surface area contributed by atoms with E-state index in [4.69, 9.17) is 10.00 Å². The summed E-state index contributed by atoms with van der Waals surface area (Å²) in [7, 11) is 0. The third kappa shape index (κ3) is 7.83. The Bertz CT molecular complexity index is 1180. The molecule has 0 aromatic heterocycles. The Hall–Kier alpha value is -2.90. The molecule has 0 bridgehead atoms. The lowest BCUT2D eigenvalue weighted by molar-refractivity contribution is -0.140. The van der Waals surface area contributed by atoms with Crippen LogP contribution in [0.4, 0.5) is 24.5 Å². The number of benzene rings is 2. The number of carbonyl (C=O) groups excluding carboxylic acids is 1. The van der Waals surface area contributed by atoms with Gasteiger partial charge >= 0.3 is 6.18 Å². The van der Waals surface area contributed by atoms with Crippen molar-refractivity contribution in [2.75, 3.05) is 36.6 Å². The van der Waals surface area contributed by atoms with Crippen molar-refractivity contribution in [2.24, 2.45) is 0 Å². The van der Waals surface area contributed by atoms with Gasteiger partial charge in [0.25, 0.3) is 0 Å². The molecule has 0 spiro atoms. The van der Waals surface area contributed by atoms with Crippen molar-refractivity contribution in [2.45, 2.75) is 74.7 Å². The minimum atomic E-state index is -4.58. The molecule has 210 valence electrons. The summed E-state index contributed by atoms with van der Waals surface area (Å²) in [6.07, 6.45) is 2.16. The zero-order valence-electron chi connectivity index (χ0n) is 22.3. The molecular formula is C29H35F3N4O2S. The van der Waals surface area contributed by atoms with E-state index >= 15 is 0 Å². The van der Waals surface area contributed by atoms with Gasteiger partial charge in [0.1, 0.15) is 6.61 Å². The summed E-state index contributed by atoms with van der Waals surface area (Å²) >= 11 is 1.74. The molecule has 1 saturated carbocycles. The maximum Gasteiger partial charge on any atom is 0.417 e. The highest BCUT2D eigenvalue weighted by molar-refractivity contribution is 7.98. The molecule has 1 aliphatic carbocycles. The molecule has 6 nitrogen and oxygen atoms in total. The number of nitriles is 1. The number of hydrogen-bond donors (Lipinski definition) is 2. The Labute approximate surface area is 232 Å². The summed E-state index contributed by atoms with van der Waals surface area (Å²) < 4.78 is 45.7. The van der Waals surface area contributed by atoms with Crippen molar-refractivity contribution in [3.05, 3.63) is 53.1 Å². The van der Waals surface area contributed by atoms with E-state index in [9.17, 15) is 18.0 Å². The van der Waals surface area contributed by atoms with Gasteiger partial charge in [-0.15, -0.1) is 11.8 Å². The average molecular weight is 561 g/mol. The second-order valence-corrected chi connectivity index (χ2v) is 11.1. The third-order valence-corrected chi connectivity index (χ3v) is 8.44. The summed E-state index contributed by atoms with van der Waals surface area (Å²) in [6.45, 7) is 3.57. The van der Waals surface area contributed by atoms with Crippen LogP contribution >= 0.6 is 11.8 Å². The van der Waals surface area contributed by atoms with E-state index in [1.54, 1.807) is 17.8 Å². The highest BCUT2D eigenvalue weighted by Crippen LogP contribution is 2.34. The number of halogens is 3. The molecular weight excluding hydrogens is 525 g/mol. The SMILES string of the molecule is CSc1ccc(NC2CCN(C(=O)COC3CCC(Nc4ccc(C#N)c(C(F)(F)F)c4)CC3)CC2)cc1C. The van der Waals surface area contributed by atoms with E-state index in [2.05, 4.69) is 42.0 Å². The number of carbonyl (C=O) groups is 1. The van der Waals surface area contributed by atoms with Crippen molar-refractivity contribution in [1.29, 1.82) is 5.26 Å². The predicted molar refractivity (Wildman–Crippen MR) is 148 cm³/mol. The topological polar surface area (TPSA) is 77.4 Å². The first-order valence-corrected chi connectivity index (χ1v) is 14.6.